The maximum absolute atomic E-state index is 9.85. The van der Waals surface area contributed by atoms with Gasteiger partial charge in [0.15, 0.2) is 0 Å². The summed E-state index contributed by atoms with van der Waals surface area (Å²) in [5.74, 6) is 1.65. The van der Waals surface area contributed by atoms with Gasteiger partial charge in [0, 0.05) is 5.56 Å². The predicted molar refractivity (Wildman–Crippen MR) is 97.6 cm³/mol. The summed E-state index contributed by atoms with van der Waals surface area (Å²) in [6.45, 7) is 2.78. The lowest BCUT2D eigenvalue weighted by molar-refractivity contribution is 0.292. The number of rotatable bonds is 6. The topological polar surface area (TPSA) is 50.7 Å². The number of nitrogens with one attached hydrogen (secondary N) is 1. The highest BCUT2D eigenvalue weighted by Gasteiger charge is 2.23. The van der Waals surface area contributed by atoms with E-state index >= 15 is 0 Å². The van der Waals surface area contributed by atoms with Crippen LogP contribution in [-0.4, -0.2) is 31.5 Å². The molecule has 24 heavy (non-hydrogen) atoms. The van der Waals surface area contributed by atoms with E-state index in [-0.39, 0.29) is 12.6 Å². The van der Waals surface area contributed by atoms with Gasteiger partial charge < -0.3 is 19.9 Å². The Morgan fingerprint density at radius 2 is 1.92 bits per heavy atom. The molecule has 0 amide bonds. The molecule has 1 unspecified atom stereocenters. The maximum atomic E-state index is 9.85. The SMILES string of the molecule is CCCOc1cccc2c1NC(CO)C(c1ccc(OC)cc1)=C2. The number of fused-ring (bicyclic) bond motifs is 1. The van der Waals surface area contributed by atoms with Crippen LogP contribution in [0.5, 0.6) is 11.5 Å². The van der Waals surface area contributed by atoms with E-state index in [1.165, 1.54) is 0 Å². The summed E-state index contributed by atoms with van der Waals surface area (Å²) in [5, 5.41) is 13.3. The predicted octanol–water partition coefficient (Wildman–Crippen LogP) is 3.81. The monoisotopic (exact) mass is 325 g/mol. The minimum atomic E-state index is -0.169. The Labute approximate surface area is 142 Å². The molecule has 0 saturated heterocycles. The minimum absolute atomic E-state index is 0.0133. The number of aliphatic hydroxyl groups excluding tert-OH is 1. The van der Waals surface area contributed by atoms with Gasteiger partial charge >= 0.3 is 0 Å². The van der Waals surface area contributed by atoms with Crippen molar-refractivity contribution in [3.63, 3.8) is 0 Å². The Kier molecular flexibility index (Phi) is 5.06. The van der Waals surface area contributed by atoms with Crippen molar-refractivity contribution >= 4 is 17.3 Å². The van der Waals surface area contributed by atoms with Gasteiger partial charge in [-0.15, -0.1) is 0 Å². The van der Waals surface area contributed by atoms with E-state index in [4.69, 9.17) is 9.47 Å². The summed E-state index contributed by atoms with van der Waals surface area (Å²) < 4.78 is 11.0. The van der Waals surface area contributed by atoms with Crippen LogP contribution in [0.25, 0.3) is 11.6 Å². The van der Waals surface area contributed by atoms with E-state index in [0.29, 0.717) is 6.61 Å². The van der Waals surface area contributed by atoms with Crippen molar-refractivity contribution < 1.29 is 14.6 Å². The summed E-state index contributed by atoms with van der Waals surface area (Å²) in [4.78, 5) is 0. The van der Waals surface area contributed by atoms with E-state index in [0.717, 1.165) is 40.3 Å². The first-order chi connectivity index (χ1) is 11.8. The van der Waals surface area contributed by atoms with Crippen LogP contribution < -0.4 is 14.8 Å². The number of para-hydroxylation sites is 1. The van der Waals surface area contributed by atoms with Crippen LogP contribution >= 0.6 is 0 Å². The van der Waals surface area contributed by atoms with Crippen LogP contribution in [-0.2, 0) is 0 Å². The molecule has 1 aliphatic rings. The van der Waals surface area contributed by atoms with Crippen molar-refractivity contribution in [1.82, 2.24) is 0 Å². The minimum Gasteiger partial charge on any atom is -0.497 e. The fraction of sp³-hybridized carbons (Fsp3) is 0.300. The standard InChI is InChI=1S/C20H23NO3/c1-3-11-24-19-6-4-5-15-12-17(18(13-22)21-20(15)19)14-7-9-16(23-2)10-8-14/h4-10,12,18,21-22H,3,11,13H2,1-2H3. The highest BCUT2D eigenvalue weighted by molar-refractivity contribution is 5.94. The number of aliphatic hydroxyl groups is 1. The number of methoxy groups -OCH3 is 1. The van der Waals surface area contributed by atoms with Crippen molar-refractivity contribution in [2.45, 2.75) is 19.4 Å². The van der Waals surface area contributed by atoms with Crippen LogP contribution in [0, 0.1) is 0 Å². The lowest BCUT2D eigenvalue weighted by Crippen LogP contribution is -2.28. The molecule has 1 atom stereocenters. The number of hydrogen-bond donors (Lipinski definition) is 2. The van der Waals surface area contributed by atoms with Gasteiger partial charge in [0.2, 0.25) is 0 Å². The fourth-order valence-corrected chi connectivity index (χ4v) is 2.89. The normalized spacial score (nSPS) is 16.0. The molecule has 4 heteroatoms. The van der Waals surface area contributed by atoms with Crippen LogP contribution in [0.15, 0.2) is 42.5 Å². The van der Waals surface area contributed by atoms with E-state index in [9.17, 15) is 5.11 Å². The molecule has 2 N–H and O–H groups in total. The van der Waals surface area contributed by atoms with E-state index in [1.54, 1.807) is 7.11 Å². The summed E-state index contributed by atoms with van der Waals surface area (Å²) >= 11 is 0. The molecule has 0 bridgehead atoms. The highest BCUT2D eigenvalue weighted by atomic mass is 16.5. The van der Waals surface area contributed by atoms with Gasteiger partial charge in [-0.3, -0.25) is 0 Å². The number of benzene rings is 2. The zero-order valence-electron chi connectivity index (χ0n) is 14.1. The average molecular weight is 325 g/mol. The van der Waals surface area contributed by atoms with Crippen molar-refractivity contribution in [3.05, 3.63) is 53.6 Å². The van der Waals surface area contributed by atoms with E-state index < -0.39 is 0 Å². The molecule has 3 rings (SSSR count). The fourth-order valence-electron chi connectivity index (χ4n) is 2.89. The van der Waals surface area contributed by atoms with Gasteiger partial charge in [0.25, 0.3) is 0 Å². The number of ether oxygens (including phenoxy) is 2. The van der Waals surface area contributed by atoms with Gasteiger partial charge in [-0.05, 0) is 41.8 Å². The third-order valence-corrected chi connectivity index (χ3v) is 4.13. The second-order valence-electron chi connectivity index (χ2n) is 5.78. The molecule has 0 fully saturated rings. The van der Waals surface area contributed by atoms with Gasteiger partial charge in [-0.1, -0.05) is 31.2 Å². The Morgan fingerprint density at radius 3 is 2.58 bits per heavy atom. The maximum Gasteiger partial charge on any atom is 0.143 e. The molecule has 126 valence electrons. The Morgan fingerprint density at radius 1 is 1.12 bits per heavy atom. The molecule has 0 radical (unpaired) electrons. The van der Waals surface area contributed by atoms with Crippen molar-refractivity contribution in [3.8, 4) is 11.5 Å². The van der Waals surface area contributed by atoms with Crippen molar-refractivity contribution in [2.75, 3.05) is 25.6 Å². The quantitative estimate of drug-likeness (QED) is 0.848. The van der Waals surface area contributed by atoms with Gasteiger partial charge in [0.05, 0.1) is 32.1 Å². The second kappa shape index (κ2) is 7.41. The van der Waals surface area contributed by atoms with Crippen LogP contribution in [0.4, 0.5) is 5.69 Å². The summed E-state index contributed by atoms with van der Waals surface area (Å²) in [6.07, 6.45) is 3.08. The Balaban J connectivity index is 1.99. The van der Waals surface area contributed by atoms with Crippen LogP contribution in [0.2, 0.25) is 0 Å². The molecule has 1 aliphatic heterocycles. The first-order valence-electron chi connectivity index (χ1n) is 8.26. The summed E-state index contributed by atoms with van der Waals surface area (Å²) in [5.41, 5.74) is 4.13. The summed E-state index contributed by atoms with van der Waals surface area (Å²) in [7, 11) is 1.65. The van der Waals surface area contributed by atoms with E-state index in [1.807, 2.05) is 36.4 Å². The first-order valence-corrected chi connectivity index (χ1v) is 8.26. The lowest BCUT2D eigenvalue weighted by atomic mass is 9.92. The smallest absolute Gasteiger partial charge is 0.143 e. The zero-order valence-corrected chi connectivity index (χ0v) is 14.1. The largest absolute Gasteiger partial charge is 0.497 e. The van der Waals surface area contributed by atoms with Crippen molar-refractivity contribution in [1.29, 1.82) is 0 Å². The van der Waals surface area contributed by atoms with Crippen LogP contribution in [0.1, 0.15) is 24.5 Å². The first kappa shape index (κ1) is 16.4. The second-order valence-corrected chi connectivity index (χ2v) is 5.78. The molecular weight excluding hydrogens is 302 g/mol. The zero-order chi connectivity index (χ0) is 16.9. The molecule has 2 aromatic carbocycles. The molecule has 0 aliphatic carbocycles. The Hall–Kier alpha value is -2.46. The van der Waals surface area contributed by atoms with E-state index in [2.05, 4.69) is 24.4 Å². The lowest BCUT2D eigenvalue weighted by Gasteiger charge is -2.28. The van der Waals surface area contributed by atoms with Gasteiger partial charge in [0.1, 0.15) is 11.5 Å². The highest BCUT2D eigenvalue weighted by Crippen LogP contribution is 2.38. The molecule has 0 spiro atoms. The van der Waals surface area contributed by atoms with Crippen LogP contribution in [0.3, 0.4) is 0 Å². The Bertz CT molecular complexity index is 722. The molecule has 1 heterocycles. The van der Waals surface area contributed by atoms with Gasteiger partial charge in [-0.2, -0.15) is 0 Å². The third-order valence-electron chi connectivity index (χ3n) is 4.13. The van der Waals surface area contributed by atoms with Gasteiger partial charge in [-0.25, -0.2) is 0 Å². The molecule has 0 aromatic heterocycles. The molecule has 0 saturated carbocycles. The number of anilines is 1. The average Bonchev–Trinajstić information content (AvgIpc) is 2.65. The molecule has 2 aromatic rings. The third kappa shape index (κ3) is 3.24. The number of hydrogen-bond acceptors (Lipinski definition) is 4. The molecular formula is C20H23NO3. The molecule has 4 nitrogen and oxygen atoms in total. The summed E-state index contributed by atoms with van der Waals surface area (Å²) in [6, 6.07) is 13.7. The van der Waals surface area contributed by atoms with Crippen molar-refractivity contribution in [2.24, 2.45) is 0 Å².